The quantitative estimate of drug-likeness (QED) is 0.565. The third-order valence-electron chi connectivity index (χ3n) is 3.58. The van der Waals surface area contributed by atoms with E-state index in [0.717, 1.165) is 16.6 Å². The summed E-state index contributed by atoms with van der Waals surface area (Å²) in [5.74, 6) is -1.02. The van der Waals surface area contributed by atoms with E-state index in [1.807, 2.05) is 31.2 Å². The minimum Gasteiger partial charge on any atom is -0.452 e. The lowest BCUT2D eigenvalue weighted by atomic mass is 10.1. The Bertz CT molecular complexity index is 954. The number of nitrogen functional groups attached to an aromatic ring is 1. The van der Waals surface area contributed by atoms with E-state index in [2.05, 4.69) is 10.3 Å². The lowest BCUT2D eigenvalue weighted by Crippen LogP contribution is -2.21. The van der Waals surface area contributed by atoms with Crippen molar-refractivity contribution >= 4 is 34.2 Å². The van der Waals surface area contributed by atoms with Crippen LogP contribution in [-0.4, -0.2) is 23.5 Å². The van der Waals surface area contributed by atoms with Crippen molar-refractivity contribution in [1.29, 1.82) is 0 Å². The Kier molecular flexibility index (Phi) is 4.61. The maximum atomic E-state index is 12.1. The van der Waals surface area contributed by atoms with Crippen molar-refractivity contribution in [2.75, 3.05) is 17.7 Å². The summed E-state index contributed by atoms with van der Waals surface area (Å²) in [6, 6.07) is 15.7. The number of aromatic nitrogens is 1. The van der Waals surface area contributed by atoms with Crippen molar-refractivity contribution in [3.05, 3.63) is 65.9 Å². The molecule has 0 fully saturated rings. The molecule has 0 aliphatic heterocycles. The second kappa shape index (κ2) is 7.00. The van der Waals surface area contributed by atoms with Crippen molar-refractivity contribution in [2.24, 2.45) is 0 Å². The number of anilines is 2. The fourth-order valence-corrected chi connectivity index (χ4v) is 2.48. The number of nitrogens with zero attached hydrogens (tertiary/aromatic N) is 1. The summed E-state index contributed by atoms with van der Waals surface area (Å²) in [5, 5.41) is 3.59. The van der Waals surface area contributed by atoms with Gasteiger partial charge in [-0.2, -0.15) is 0 Å². The van der Waals surface area contributed by atoms with Gasteiger partial charge in [0.25, 0.3) is 5.91 Å². The van der Waals surface area contributed by atoms with Gasteiger partial charge in [0.2, 0.25) is 0 Å². The van der Waals surface area contributed by atoms with Crippen LogP contribution < -0.4 is 11.1 Å². The fraction of sp³-hybridized carbons (Fsp3) is 0.105. The lowest BCUT2D eigenvalue weighted by molar-refractivity contribution is -0.119. The highest BCUT2D eigenvalue weighted by molar-refractivity contribution is 6.02. The summed E-state index contributed by atoms with van der Waals surface area (Å²) in [5.41, 5.74) is 8.59. The number of para-hydroxylation sites is 1. The Hall–Kier alpha value is -3.41. The zero-order valence-electron chi connectivity index (χ0n) is 13.7. The number of nitrogens with one attached hydrogen (secondary N) is 1. The smallest absolute Gasteiger partial charge is 0.338 e. The number of fused-ring (bicyclic) bond motifs is 1. The van der Waals surface area contributed by atoms with Crippen molar-refractivity contribution in [1.82, 2.24) is 4.98 Å². The molecule has 3 N–H and O–H groups in total. The molecule has 126 valence electrons. The minimum absolute atomic E-state index is 0.304. The number of esters is 1. The number of carbonyl (C=O) groups excluding carboxylic acids is 2. The van der Waals surface area contributed by atoms with Gasteiger partial charge in [-0.1, -0.05) is 24.3 Å². The summed E-state index contributed by atoms with van der Waals surface area (Å²) in [6.07, 6.45) is 0. The Labute approximate surface area is 144 Å². The first-order valence-corrected chi connectivity index (χ1v) is 7.72. The monoisotopic (exact) mass is 335 g/mol. The van der Waals surface area contributed by atoms with E-state index in [0.29, 0.717) is 16.9 Å². The van der Waals surface area contributed by atoms with Gasteiger partial charge in [0.1, 0.15) is 0 Å². The molecule has 0 spiro atoms. The highest BCUT2D eigenvalue weighted by Crippen LogP contribution is 2.22. The number of amides is 1. The molecule has 1 aromatic heterocycles. The van der Waals surface area contributed by atoms with Crippen molar-refractivity contribution < 1.29 is 14.3 Å². The highest BCUT2D eigenvalue weighted by atomic mass is 16.5. The normalized spacial score (nSPS) is 10.4. The van der Waals surface area contributed by atoms with Gasteiger partial charge in [-0.25, -0.2) is 4.79 Å². The molecule has 0 unspecified atom stereocenters. The van der Waals surface area contributed by atoms with Crippen molar-refractivity contribution in [3.8, 4) is 0 Å². The summed E-state index contributed by atoms with van der Waals surface area (Å²) in [4.78, 5) is 28.5. The SMILES string of the molecule is Cc1cc(NC(=O)COC(=O)c2cccc(N)c2)c2ccccc2n1. The largest absolute Gasteiger partial charge is 0.452 e. The van der Waals surface area contributed by atoms with Gasteiger partial charge < -0.3 is 15.8 Å². The van der Waals surface area contributed by atoms with E-state index in [1.165, 1.54) is 6.07 Å². The maximum Gasteiger partial charge on any atom is 0.338 e. The molecule has 6 nitrogen and oxygen atoms in total. The predicted octanol–water partition coefficient (Wildman–Crippen LogP) is 2.92. The van der Waals surface area contributed by atoms with E-state index in [1.54, 1.807) is 24.3 Å². The van der Waals surface area contributed by atoms with E-state index in [-0.39, 0.29) is 6.61 Å². The zero-order chi connectivity index (χ0) is 17.8. The zero-order valence-corrected chi connectivity index (χ0v) is 13.7. The van der Waals surface area contributed by atoms with Crippen LogP contribution in [0.5, 0.6) is 0 Å². The minimum atomic E-state index is -0.599. The molecule has 0 saturated carbocycles. The molecule has 0 aliphatic rings. The molecule has 2 aromatic carbocycles. The van der Waals surface area contributed by atoms with Gasteiger partial charge in [0.05, 0.1) is 16.8 Å². The number of aryl methyl sites for hydroxylation is 1. The number of hydrogen-bond acceptors (Lipinski definition) is 5. The molecule has 0 saturated heterocycles. The van der Waals surface area contributed by atoms with Gasteiger partial charge in [-0.05, 0) is 37.3 Å². The van der Waals surface area contributed by atoms with Crippen LogP contribution in [0.15, 0.2) is 54.6 Å². The van der Waals surface area contributed by atoms with Crippen LogP contribution in [-0.2, 0) is 9.53 Å². The average Bonchev–Trinajstić information content (AvgIpc) is 2.59. The highest BCUT2D eigenvalue weighted by Gasteiger charge is 2.12. The van der Waals surface area contributed by atoms with Crippen LogP contribution >= 0.6 is 0 Å². The molecule has 3 aromatic rings. The van der Waals surface area contributed by atoms with Gasteiger partial charge in [0.15, 0.2) is 6.61 Å². The van der Waals surface area contributed by atoms with Crippen LogP contribution in [0.4, 0.5) is 11.4 Å². The van der Waals surface area contributed by atoms with E-state index in [4.69, 9.17) is 10.5 Å². The first-order chi connectivity index (χ1) is 12.0. The summed E-state index contributed by atoms with van der Waals surface area (Å²) in [7, 11) is 0. The van der Waals surface area contributed by atoms with Crippen LogP contribution in [0.3, 0.4) is 0 Å². The Morgan fingerprint density at radius 2 is 1.92 bits per heavy atom. The van der Waals surface area contributed by atoms with Crippen molar-refractivity contribution in [3.63, 3.8) is 0 Å². The molecule has 0 radical (unpaired) electrons. The molecule has 3 rings (SSSR count). The number of rotatable bonds is 4. The molecular formula is C19H17N3O3. The Morgan fingerprint density at radius 1 is 1.12 bits per heavy atom. The Balaban J connectivity index is 1.68. The lowest BCUT2D eigenvalue weighted by Gasteiger charge is -2.10. The number of pyridine rings is 1. The second-order valence-corrected chi connectivity index (χ2v) is 5.58. The predicted molar refractivity (Wildman–Crippen MR) is 96.2 cm³/mol. The number of carbonyl (C=O) groups is 2. The number of hydrogen-bond donors (Lipinski definition) is 2. The van der Waals surface area contributed by atoms with E-state index in [9.17, 15) is 9.59 Å². The fourth-order valence-electron chi connectivity index (χ4n) is 2.48. The third-order valence-corrected chi connectivity index (χ3v) is 3.58. The van der Waals surface area contributed by atoms with E-state index >= 15 is 0 Å². The van der Waals surface area contributed by atoms with Crippen LogP contribution in [0.2, 0.25) is 0 Å². The number of nitrogens with two attached hydrogens (primary N) is 1. The number of benzene rings is 2. The Morgan fingerprint density at radius 3 is 2.72 bits per heavy atom. The summed E-state index contributed by atoms with van der Waals surface area (Å²) < 4.78 is 5.04. The number of ether oxygens (including phenoxy) is 1. The standard InChI is InChI=1S/C19H17N3O3/c1-12-9-17(15-7-2-3-8-16(15)21-12)22-18(23)11-25-19(24)13-5-4-6-14(20)10-13/h2-10H,11,20H2,1H3,(H,21,22,23). The molecule has 6 heteroatoms. The van der Waals surface area contributed by atoms with Crippen molar-refractivity contribution in [2.45, 2.75) is 6.92 Å². The average molecular weight is 335 g/mol. The third kappa shape index (κ3) is 3.92. The molecule has 1 amide bonds. The molecule has 0 aliphatic carbocycles. The summed E-state index contributed by atoms with van der Waals surface area (Å²) in [6.45, 7) is 1.46. The first-order valence-electron chi connectivity index (χ1n) is 7.72. The van der Waals surface area contributed by atoms with Gasteiger partial charge >= 0.3 is 5.97 Å². The van der Waals surface area contributed by atoms with Gasteiger partial charge in [0, 0.05) is 16.8 Å². The van der Waals surface area contributed by atoms with E-state index < -0.39 is 11.9 Å². The first kappa shape index (κ1) is 16.4. The molecule has 25 heavy (non-hydrogen) atoms. The molecule has 1 heterocycles. The van der Waals surface area contributed by atoms with Gasteiger partial charge in [-0.3, -0.25) is 9.78 Å². The molecular weight excluding hydrogens is 318 g/mol. The van der Waals surface area contributed by atoms with Crippen LogP contribution in [0.25, 0.3) is 10.9 Å². The van der Waals surface area contributed by atoms with Crippen LogP contribution in [0, 0.1) is 6.92 Å². The second-order valence-electron chi connectivity index (χ2n) is 5.58. The maximum absolute atomic E-state index is 12.1. The summed E-state index contributed by atoms with van der Waals surface area (Å²) >= 11 is 0. The molecule has 0 atom stereocenters. The topological polar surface area (TPSA) is 94.3 Å². The molecule has 0 bridgehead atoms. The van der Waals surface area contributed by atoms with Gasteiger partial charge in [-0.15, -0.1) is 0 Å². The van der Waals surface area contributed by atoms with Crippen LogP contribution in [0.1, 0.15) is 16.1 Å².